The van der Waals surface area contributed by atoms with Gasteiger partial charge in [-0.15, -0.1) is 11.3 Å². The fourth-order valence-corrected chi connectivity index (χ4v) is 2.80. The molecule has 0 radical (unpaired) electrons. The Bertz CT molecular complexity index is 711. The van der Waals surface area contributed by atoms with Crippen molar-refractivity contribution in [3.05, 3.63) is 39.3 Å². The molecule has 0 fully saturated rings. The van der Waals surface area contributed by atoms with Gasteiger partial charge in [-0.25, -0.2) is 4.79 Å². The van der Waals surface area contributed by atoms with Crippen molar-refractivity contribution in [3.63, 3.8) is 0 Å². The predicted octanol–water partition coefficient (Wildman–Crippen LogP) is 3.00. The Morgan fingerprint density at radius 3 is 2.76 bits per heavy atom. The molecule has 0 atom stereocenters. The maximum atomic E-state index is 11.1. The second kappa shape index (κ2) is 5.80. The summed E-state index contributed by atoms with van der Waals surface area (Å²) in [6, 6.07) is 5.97. The first kappa shape index (κ1) is 14.8. The zero-order valence-corrected chi connectivity index (χ0v) is 11.8. The number of ether oxygens (including phenoxy) is 1. The molecule has 1 heterocycles. The third-order valence-corrected chi connectivity index (χ3v) is 3.87. The molecule has 2 aromatic rings. The molecule has 8 heteroatoms. The monoisotopic (exact) mass is 308 g/mol. The number of carboxylic acid groups (broad SMARTS) is 1. The normalized spacial score (nSPS) is 10.3. The summed E-state index contributed by atoms with van der Waals surface area (Å²) in [5, 5.41) is 20.1. The Hall–Kier alpha value is -2.61. The highest BCUT2D eigenvalue weighted by Gasteiger charge is 2.22. The van der Waals surface area contributed by atoms with E-state index in [-0.39, 0.29) is 28.6 Å². The van der Waals surface area contributed by atoms with E-state index in [2.05, 4.69) is 0 Å². The van der Waals surface area contributed by atoms with Crippen LogP contribution in [0, 0.1) is 10.1 Å². The van der Waals surface area contributed by atoms with E-state index in [1.807, 2.05) is 0 Å². The highest BCUT2D eigenvalue weighted by atomic mass is 32.1. The number of nitro groups is 1. The van der Waals surface area contributed by atoms with Crippen LogP contribution in [0.2, 0.25) is 0 Å². The highest BCUT2D eigenvalue weighted by Crippen LogP contribution is 2.42. The Kier molecular flexibility index (Phi) is 4.08. The molecule has 110 valence electrons. The van der Waals surface area contributed by atoms with Crippen molar-refractivity contribution in [2.45, 2.75) is 6.92 Å². The van der Waals surface area contributed by atoms with E-state index in [1.54, 1.807) is 13.0 Å². The number of hydrogen-bond donors (Lipinski definition) is 2. The van der Waals surface area contributed by atoms with Crippen molar-refractivity contribution >= 4 is 28.7 Å². The van der Waals surface area contributed by atoms with Crippen LogP contribution in [0.15, 0.2) is 24.3 Å². The molecular weight excluding hydrogens is 296 g/mol. The Labute approximate surface area is 123 Å². The van der Waals surface area contributed by atoms with E-state index in [0.717, 1.165) is 11.3 Å². The molecule has 0 amide bonds. The van der Waals surface area contributed by atoms with Crippen LogP contribution in [-0.2, 0) is 0 Å². The average molecular weight is 308 g/mol. The summed E-state index contributed by atoms with van der Waals surface area (Å²) in [4.78, 5) is 22.1. The third-order valence-electron chi connectivity index (χ3n) is 2.70. The van der Waals surface area contributed by atoms with Crippen LogP contribution in [0.5, 0.6) is 5.75 Å². The van der Waals surface area contributed by atoms with Gasteiger partial charge in [-0.1, -0.05) is 6.07 Å². The lowest BCUT2D eigenvalue weighted by molar-refractivity contribution is -0.385. The highest BCUT2D eigenvalue weighted by molar-refractivity contribution is 7.18. The molecule has 0 aliphatic carbocycles. The Balaban J connectivity index is 2.63. The lowest BCUT2D eigenvalue weighted by atomic mass is 10.1. The molecule has 0 spiro atoms. The zero-order valence-electron chi connectivity index (χ0n) is 11.0. The lowest BCUT2D eigenvalue weighted by Crippen LogP contribution is -1.99. The molecule has 0 unspecified atom stereocenters. The van der Waals surface area contributed by atoms with Crippen molar-refractivity contribution in [1.82, 2.24) is 0 Å². The van der Waals surface area contributed by atoms with Crippen LogP contribution >= 0.6 is 11.3 Å². The molecule has 0 aliphatic rings. The number of nitrogens with two attached hydrogens (primary N) is 1. The molecule has 1 aromatic carbocycles. The number of thiophene rings is 1. The number of aromatic carboxylic acids is 1. The maximum Gasteiger partial charge on any atom is 0.348 e. The van der Waals surface area contributed by atoms with E-state index in [0.29, 0.717) is 10.4 Å². The standard InChI is InChI=1S/C13H12N2O5S/c1-2-20-11-7(4-3-5-9(11)15(18)19)10-6-8(14)12(21-10)13(16)17/h3-6H,2,14H2,1H3,(H,16,17). The Morgan fingerprint density at radius 1 is 1.52 bits per heavy atom. The number of rotatable bonds is 5. The van der Waals surface area contributed by atoms with Crippen molar-refractivity contribution in [3.8, 4) is 16.2 Å². The first-order valence-electron chi connectivity index (χ1n) is 5.98. The van der Waals surface area contributed by atoms with Crippen molar-refractivity contribution < 1.29 is 19.6 Å². The van der Waals surface area contributed by atoms with Gasteiger partial charge in [0.1, 0.15) is 4.88 Å². The Morgan fingerprint density at radius 2 is 2.24 bits per heavy atom. The maximum absolute atomic E-state index is 11.1. The van der Waals surface area contributed by atoms with Gasteiger partial charge in [0.15, 0.2) is 0 Å². The molecule has 1 aromatic heterocycles. The van der Waals surface area contributed by atoms with Crippen molar-refractivity contribution in [2.75, 3.05) is 12.3 Å². The second-order valence-electron chi connectivity index (χ2n) is 4.04. The average Bonchev–Trinajstić information content (AvgIpc) is 2.81. The van der Waals surface area contributed by atoms with Gasteiger partial charge < -0.3 is 15.6 Å². The van der Waals surface area contributed by atoms with Gasteiger partial charge in [0.2, 0.25) is 5.75 Å². The number of benzene rings is 1. The fraction of sp³-hybridized carbons (Fsp3) is 0.154. The number of anilines is 1. The van der Waals surface area contributed by atoms with Gasteiger partial charge in [-0.2, -0.15) is 0 Å². The van der Waals surface area contributed by atoms with E-state index in [9.17, 15) is 14.9 Å². The van der Waals surface area contributed by atoms with E-state index < -0.39 is 10.9 Å². The summed E-state index contributed by atoms with van der Waals surface area (Å²) < 4.78 is 5.37. The molecule has 0 bridgehead atoms. The van der Waals surface area contributed by atoms with Gasteiger partial charge in [-0.05, 0) is 19.1 Å². The smallest absolute Gasteiger partial charge is 0.348 e. The molecule has 0 saturated carbocycles. The third kappa shape index (κ3) is 2.79. The minimum Gasteiger partial charge on any atom is -0.487 e. The minimum atomic E-state index is -1.13. The number of nitrogen functional groups attached to an aromatic ring is 1. The van der Waals surface area contributed by atoms with Crippen molar-refractivity contribution in [2.24, 2.45) is 0 Å². The van der Waals surface area contributed by atoms with Gasteiger partial charge in [-0.3, -0.25) is 10.1 Å². The zero-order chi connectivity index (χ0) is 15.6. The first-order valence-corrected chi connectivity index (χ1v) is 6.80. The van der Waals surface area contributed by atoms with Crippen LogP contribution in [0.4, 0.5) is 11.4 Å². The molecule has 7 nitrogen and oxygen atoms in total. The van der Waals surface area contributed by atoms with Crippen LogP contribution in [0.1, 0.15) is 16.6 Å². The second-order valence-corrected chi connectivity index (χ2v) is 5.10. The fourth-order valence-electron chi connectivity index (χ4n) is 1.86. The van der Waals surface area contributed by atoms with Gasteiger partial charge in [0.05, 0.1) is 17.2 Å². The summed E-state index contributed by atoms with van der Waals surface area (Å²) in [6.07, 6.45) is 0. The number of hydrogen-bond acceptors (Lipinski definition) is 6. The predicted molar refractivity (Wildman–Crippen MR) is 79.0 cm³/mol. The summed E-state index contributed by atoms with van der Waals surface area (Å²) in [6.45, 7) is 1.97. The molecule has 0 saturated heterocycles. The van der Waals surface area contributed by atoms with E-state index in [4.69, 9.17) is 15.6 Å². The van der Waals surface area contributed by atoms with Gasteiger partial charge >= 0.3 is 11.7 Å². The van der Waals surface area contributed by atoms with E-state index in [1.165, 1.54) is 18.2 Å². The van der Waals surface area contributed by atoms with Crippen LogP contribution in [-0.4, -0.2) is 22.6 Å². The molecule has 3 N–H and O–H groups in total. The molecule has 2 rings (SSSR count). The quantitative estimate of drug-likeness (QED) is 0.648. The number of carbonyl (C=O) groups is 1. The molecule has 0 aliphatic heterocycles. The summed E-state index contributed by atoms with van der Waals surface area (Å²) >= 11 is 0.954. The van der Waals surface area contributed by atoms with E-state index >= 15 is 0 Å². The number of para-hydroxylation sites is 1. The lowest BCUT2D eigenvalue weighted by Gasteiger charge is -2.08. The summed E-state index contributed by atoms with van der Waals surface area (Å²) in [5.74, 6) is -1.02. The van der Waals surface area contributed by atoms with Crippen LogP contribution in [0.25, 0.3) is 10.4 Å². The number of carboxylic acids is 1. The first-order chi connectivity index (χ1) is 9.95. The summed E-state index contributed by atoms with van der Waals surface area (Å²) in [7, 11) is 0. The number of nitrogens with zero attached hydrogens (tertiary/aromatic N) is 1. The van der Waals surface area contributed by atoms with Crippen LogP contribution < -0.4 is 10.5 Å². The topological polar surface area (TPSA) is 116 Å². The summed E-state index contributed by atoms with van der Waals surface area (Å²) in [5.41, 5.74) is 6.06. The van der Waals surface area contributed by atoms with Crippen molar-refractivity contribution in [1.29, 1.82) is 0 Å². The minimum absolute atomic E-state index is 0.000968. The number of nitro benzene ring substituents is 1. The largest absolute Gasteiger partial charge is 0.487 e. The molecular formula is C13H12N2O5S. The van der Waals surface area contributed by atoms with Gasteiger partial charge in [0.25, 0.3) is 0 Å². The molecule has 21 heavy (non-hydrogen) atoms. The van der Waals surface area contributed by atoms with Crippen LogP contribution in [0.3, 0.4) is 0 Å². The SMILES string of the molecule is CCOc1c(-c2cc(N)c(C(=O)O)s2)cccc1[N+](=O)[O-]. The van der Waals surface area contributed by atoms with Gasteiger partial charge in [0, 0.05) is 16.5 Å².